The zero-order valence-electron chi connectivity index (χ0n) is 12.1. The first-order chi connectivity index (χ1) is 10.1. The number of urea groups is 1. The average molecular weight is 314 g/mol. The lowest BCUT2D eigenvalue weighted by atomic mass is 10.1. The first kappa shape index (κ1) is 16.1. The van der Waals surface area contributed by atoms with E-state index in [-0.39, 0.29) is 17.1 Å². The summed E-state index contributed by atoms with van der Waals surface area (Å²) in [5.41, 5.74) is 0.399. The van der Waals surface area contributed by atoms with Gasteiger partial charge in [0.1, 0.15) is 11.6 Å². The van der Waals surface area contributed by atoms with Gasteiger partial charge < -0.3 is 10.2 Å². The molecule has 1 fully saturated rings. The Bertz CT molecular complexity index is 499. The second kappa shape index (κ2) is 7.64. The highest BCUT2D eigenvalue weighted by Gasteiger charge is 2.24. The Labute approximate surface area is 128 Å². The van der Waals surface area contributed by atoms with Gasteiger partial charge in [0.05, 0.1) is 0 Å². The maximum absolute atomic E-state index is 13.8. The van der Waals surface area contributed by atoms with Crippen molar-refractivity contribution in [1.29, 1.82) is 0 Å². The number of hydrogen-bond donors (Lipinski definition) is 1. The van der Waals surface area contributed by atoms with Crippen LogP contribution in [0.15, 0.2) is 18.2 Å². The number of carbonyl (C=O) groups excluding carboxylic acids is 1. The third-order valence-electron chi connectivity index (χ3n) is 3.46. The maximum atomic E-state index is 13.8. The summed E-state index contributed by atoms with van der Waals surface area (Å²) in [5.74, 6) is -0.0771. The summed E-state index contributed by atoms with van der Waals surface area (Å²) in [5, 5.41) is 2.74. The molecule has 2 rings (SSSR count). The number of halogens is 2. The minimum atomic E-state index is -0.422. The van der Waals surface area contributed by atoms with Gasteiger partial charge in [0.25, 0.3) is 0 Å². The van der Waals surface area contributed by atoms with E-state index >= 15 is 0 Å². The molecule has 0 aliphatic carbocycles. The second-order valence-electron chi connectivity index (χ2n) is 5.03. The number of hydrogen-bond acceptors (Lipinski definition) is 2. The van der Waals surface area contributed by atoms with E-state index in [0.717, 1.165) is 18.2 Å². The fourth-order valence-corrected chi connectivity index (χ4v) is 3.57. The Hall–Kier alpha value is -1.30. The van der Waals surface area contributed by atoms with Crippen molar-refractivity contribution in [2.75, 3.05) is 25.4 Å². The fraction of sp³-hybridized carbons (Fsp3) is 0.533. The molecule has 21 heavy (non-hydrogen) atoms. The second-order valence-corrected chi connectivity index (χ2v) is 6.34. The van der Waals surface area contributed by atoms with Gasteiger partial charge in [0, 0.05) is 36.2 Å². The number of nitrogens with one attached hydrogen (secondary N) is 1. The standard InChI is InChI=1S/C15H20F2N2OS/c1-2-6-18-15(20)19-7-5-14(21-9-8-19)12-10-11(16)3-4-13(12)17/h3-4,10,14H,2,5-9H2,1H3,(H,18,20). The summed E-state index contributed by atoms with van der Waals surface area (Å²) in [7, 11) is 0. The fourth-order valence-electron chi connectivity index (χ4n) is 2.33. The third kappa shape index (κ3) is 4.33. The van der Waals surface area contributed by atoms with Gasteiger partial charge in [-0.3, -0.25) is 0 Å². The number of benzene rings is 1. The lowest BCUT2D eigenvalue weighted by Gasteiger charge is -2.20. The minimum Gasteiger partial charge on any atom is -0.338 e. The molecule has 0 saturated carbocycles. The summed E-state index contributed by atoms with van der Waals surface area (Å²) < 4.78 is 27.1. The molecule has 0 spiro atoms. The largest absolute Gasteiger partial charge is 0.338 e. The summed E-state index contributed by atoms with van der Waals surface area (Å²) in [4.78, 5) is 13.7. The van der Waals surface area contributed by atoms with Crippen LogP contribution in [0.1, 0.15) is 30.6 Å². The van der Waals surface area contributed by atoms with Crippen molar-refractivity contribution in [2.24, 2.45) is 0 Å². The predicted molar refractivity (Wildman–Crippen MR) is 81.4 cm³/mol. The lowest BCUT2D eigenvalue weighted by molar-refractivity contribution is 0.201. The highest BCUT2D eigenvalue weighted by Crippen LogP contribution is 2.36. The van der Waals surface area contributed by atoms with Crippen LogP contribution in [-0.2, 0) is 0 Å². The van der Waals surface area contributed by atoms with E-state index in [2.05, 4.69) is 5.32 Å². The molecule has 1 aliphatic heterocycles. The van der Waals surface area contributed by atoms with Gasteiger partial charge in [0.2, 0.25) is 0 Å². The van der Waals surface area contributed by atoms with Gasteiger partial charge in [0.15, 0.2) is 0 Å². The Balaban J connectivity index is 2.00. The normalized spacial score (nSPS) is 19.2. The number of amides is 2. The monoisotopic (exact) mass is 314 g/mol. The van der Waals surface area contributed by atoms with Crippen LogP contribution in [0.5, 0.6) is 0 Å². The molecule has 1 saturated heterocycles. The van der Waals surface area contributed by atoms with Crippen molar-refractivity contribution in [2.45, 2.75) is 25.0 Å². The van der Waals surface area contributed by atoms with Crippen LogP contribution in [0.25, 0.3) is 0 Å². The zero-order chi connectivity index (χ0) is 15.2. The van der Waals surface area contributed by atoms with Crippen LogP contribution in [0, 0.1) is 11.6 Å². The van der Waals surface area contributed by atoms with Crippen molar-refractivity contribution in [3.8, 4) is 0 Å². The van der Waals surface area contributed by atoms with Crippen LogP contribution in [-0.4, -0.2) is 36.3 Å². The summed E-state index contributed by atoms with van der Waals surface area (Å²) in [6, 6.07) is 3.49. The van der Waals surface area contributed by atoms with Crippen molar-refractivity contribution in [3.05, 3.63) is 35.4 Å². The van der Waals surface area contributed by atoms with E-state index < -0.39 is 5.82 Å². The van der Waals surface area contributed by atoms with Crippen LogP contribution < -0.4 is 5.32 Å². The molecule has 1 heterocycles. The molecule has 1 aromatic rings. The minimum absolute atomic E-state index is 0.0715. The van der Waals surface area contributed by atoms with E-state index in [1.54, 1.807) is 16.7 Å². The Morgan fingerprint density at radius 2 is 2.24 bits per heavy atom. The molecule has 0 aromatic heterocycles. The van der Waals surface area contributed by atoms with Crippen LogP contribution >= 0.6 is 11.8 Å². The molecule has 1 aromatic carbocycles. The van der Waals surface area contributed by atoms with E-state index in [0.29, 0.717) is 31.6 Å². The van der Waals surface area contributed by atoms with Gasteiger partial charge in [-0.2, -0.15) is 11.8 Å². The highest BCUT2D eigenvalue weighted by atomic mass is 32.2. The molecule has 3 nitrogen and oxygen atoms in total. The van der Waals surface area contributed by atoms with Gasteiger partial charge in [-0.05, 0) is 31.0 Å². The van der Waals surface area contributed by atoms with Gasteiger partial charge in [-0.25, -0.2) is 13.6 Å². The maximum Gasteiger partial charge on any atom is 0.317 e. The molecule has 0 bridgehead atoms. The van der Waals surface area contributed by atoms with Gasteiger partial charge >= 0.3 is 6.03 Å². The third-order valence-corrected chi connectivity index (χ3v) is 4.77. The lowest BCUT2D eigenvalue weighted by Crippen LogP contribution is -2.41. The Morgan fingerprint density at radius 1 is 1.43 bits per heavy atom. The van der Waals surface area contributed by atoms with E-state index in [1.807, 2.05) is 6.92 Å². The number of rotatable bonds is 3. The first-order valence-electron chi connectivity index (χ1n) is 7.21. The average Bonchev–Trinajstić information content (AvgIpc) is 2.73. The van der Waals surface area contributed by atoms with Crippen LogP contribution in [0.4, 0.5) is 13.6 Å². The van der Waals surface area contributed by atoms with E-state index in [9.17, 15) is 13.6 Å². The number of thioether (sulfide) groups is 1. The SMILES string of the molecule is CCCNC(=O)N1CCSC(c2cc(F)ccc2F)CC1. The Kier molecular flexibility index (Phi) is 5.85. The van der Waals surface area contributed by atoms with Crippen molar-refractivity contribution in [3.63, 3.8) is 0 Å². The van der Waals surface area contributed by atoms with Crippen molar-refractivity contribution >= 4 is 17.8 Å². The molecule has 1 unspecified atom stereocenters. The smallest absolute Gasteiger partial charge is 0.317 e. The zero-order valence-corrected chi connectivity index (χ0v) is 12.9. The van der Waals surface area contributed by atoms with Gasteiger partial charge in [-0.1, -0.05) is 6.92 Å². The molecule has 1 aliphatic rings. The number of nitrogens with zero attached hydrogens (tertiary/aromatic N) is 1. The van der Waals surface area contributed by atoms with Crippen molar-refractivity contribution < 1.29 is 13.6 Å². The van der Waals surface area contributed by atoms with E-state index in [4.69, 9.17) is 0 Å². The predicted octanol–water partition coefficient (Wildman–Crippen LogP) is 3.56. The van der Waals surface area contributed by atoms with Gasteiger partial charge in [-0.15, -0.1) is 0 Å². The molecule has 2 amide bonds. The molecule has 1 N–H and O–H groups in total. The first-order valence-corrected chi connectivity index (χ1v) is 8.26. The molecule has 0 radical (unpaired) electrons. The summed E-state index contributed by atoms with van der Waals surface area (Å²) in [6.07, 6.45) is 1.52. The summed E-state index contributed by atoms with van der Waals surface area (Å²) >= 11 is 1.58. The Morgan fingerprint density at radius 3 is 3.00 bits per heavy atom. The quantitative estimate of drug-likeness (QED) is 0.925. The van der Waals surface area contributed by atoms with E-state index in [1.165, 1.54) is 12.1 Å². The number of carbonyl (C=O) groups is 1. The highest BCUT2D eigenvalue weighted by molar-refractivity contribution is 7.99. The summed E-state index contributed by atoms with van der Waals surface area (Å²) in [6.45, 7) is 3.85. The molecular formula is C15H20F2N2OS. The molecule has 1 atom stereocenters. The molecule has 116 valence electrons. The molecular weight excluding hydrogens is 294 g/mol. The topological polar surface area (TPSA) is 32.3 Å². The van der Waals surface area contributed by atoms with Crippen molar-refractivity contribution in [1.82, 2.24) is 10.2 Å². The van der Waals surface area contributed by atoms with Crippen LogP contribution in [0.2, 0.25) is 0 Å². The van der Waals surface area contributed by atoms with Crippen LogP contribution in [0.3, 0.4) is 0 Å². The molecule has 6 heteroatoms.